The van der Waals surface area contributed by atoms with Crippen LogP contribution in [0.3, 0.4) is 0 Å². The summed E-state index contributed by atoms with van der Waals surface area (Å²) in [4.78, 5) is 34.9. The molecule has 2 atom stereocenters. The fourth-order valence-corrected chi connectivity index (χ4v) is 1.90. The molecule has 0 aliphatic carbocycles. The number of aliphatic hydroxyl groups excluding tert-OH is 1. The summed E-state index contributed by atoms with van der Waals surface area (Å²) >= 11 is 0. The van der Waals surface area contributed by atoms with Gasteiger partial charge in [-0.2, -0.15) is 0 Å². The highest BCUT2D eigenvalue weighted by Crippen LogP contribution is 2.14. The first-order chi connectivity index (χ1) is 10.4. The summed E-state index contributed by atoms with van der Waals surface area (Å²) in [5.41, 5.74) is 0.495. The van der Waals surface area contributed by atoms with E-state index in [1.165, 1.54) is 0 Å². The first-order valence-corrected chi connectivity index (χ1v) is 6.85. The molecule has 1 aromatic rings. The third-order valence-corrected chi connectivity index (χ3v) is 3.07. The summed E-state index contributed by atoms with van der Waals surface area (Å²) < 4.78 is 0. The Morgan fingerprint density at radius 3 is 2.14 bits per heavy atom. The number of aliphatic hydroxyl groups is 1. The zero-order chi connectivity index (χ0) is 16.7. The Morgan fingerprint density at radius 1 is 1.09 bits per heavy atom. The van der Waals surface area contributed by atoms with E-state index in [-0.39, 0.29) is 5.92 Å². The van der Waals surface area contributed by atoms with Crippen molar-refractivity contribution in [3.05, 3.63) is 35.9 Å². The molecule has 0 heterocycles. The predicted octanol–water partition coefficient (Wildman–Crippen LogP) is 0.0616. The van der Waals surface area contributed by atoms with Crippen LogP contribution in [0.5, 0.6) is 0 Å². The molecule has 0 bridgehead atoms. The molecule has 7 nitrogen and oxygen atoms in total. The first kappa shape index (κ1) is 17.6. The van der Waals surface area contributed by atoms with E-state index in [2.05, 4.69) is 10.6 Å². The molecule has 0 spiro atoms. The van der Waals surface area contributed by atoms with E-state index in [9.17, 15) is 14.4 Å². The molecule has 0 aliphatic heterocycles. The molecule has 0 aliphatic rings. The van der Waals surface area contributed by atoms with Crippen LogP contribution in [-0.4, -0.2) is 40.6 Å². The Balaban J connectivity index is 2.98. The van der Waals surface area contributed by atoms with Gasteiger partial charge < -0.3 is 20.8 Å². The maximum Gasteiger partial charge on any atom is 0.326 e. The number of nitrogens with one attached hydrogen (secondary N) is 2. The first-order valence-electron chi connectivity index (χ1n) is 6.85. The largest absolute Gasteiger partial charge is 0.480 e. The molecule has 120 valence electrons. The third kappa shape index (κ3) is 4.85. The molecule has 2 amide bonds. The van der Waals surface area contributed by atoms with Crippen molar-refractivity contribution in [3.63, 3.8) is 0 Å². The van der Waals surface area contributed by atoms with Crippen molar-refractivity contribution in [1.29, 1.82) is 0 Å². The van der Waals surface area contributed by atoms with Crippen LogP contribution in [0.25, 0.3) is 0 Å². The summed E-state index contributed by atoms with van der Waals surface area (Å²) in [6.45, 7) is 2.58. The molecule has 1 rings (SSSR count). The minimum absolute atomic E-state index is 0.314. The highest BCUT2D eigenvalue weighted by atomic mass is 16.4. The second kappa shape index (κ2) is 8.14. The normalized spacial score (nSPS) is 13.3. The minimum atomic E-state index is -1.15. The van der Waals surface area contributed by atoms with E-state index >= 15 is 0 Å². The van der Waals surface area contributed by atoms with E-state index in [1.807, 2.05) is 0 Å². The maximum atomic E-state index is 12.3. The number of hydrogen-bond acceptors (Lipinski definition) is 4. The number of carboxylic acid groups (broad SMARTS) is 1. The van der Waals surface area contributed by atoms with Crippen LogP contribution in [0.2, 0.25) is 0 Å². The minimum Gasteiger partial charge on any atom is -0.480 e. The average molecular weight is 308 g/mol. The topological polar surface area (TPSA) is 116 Å². The SMILES string of the molecule is CC(C)C(NC(=O)C(NC(=O)CO)c1ccccc1)C(=O)O. The van der Waals surface area contributed by atoms with Gasteiger partial charge in [0.2, 0.25) is 11.8 Å². The summed E-state index contributed by atoms with van der Waals surface area (Å²) in [6.07, 6.45) is 0. The molecule has 22 heavy (non-hydrogen) atoms. The molecule has 7 heteroatoms. The van der Waals surface area contributed by atoms with Crippen LogP contribution in [-0.2, 0) is 14.4 Å². The van der Waals surface area contributed by atoms with Crippen molar-refractivity contribution >= 4 is 17.8 Å². The van der Waals surface area contributed by atoms with Gasteiger partial charge in [0, 0.05) is 0 Å². The van der Waals surface area contributed by atoms with Gasteiger partial charge in [-0.15, -0.1) is 0 Å². The number of aliphatic carboxylic acids is 1. The van der Waals surface area contributed by atoms with Crippen LogP contribution < -0.4 is 10.6 Å². The van der Waals surface area contributed by atoms with Crippen LogP contribution in [0.1, 0.15) is 25.5 Å². The van der Waals surface area contributed by atoms with Gasteiger partial charge >= 0.3 is 5.97 Å². The zero-order valence-corrected chi connectivity index (χ0v) is 12.4. The molecule has 0 aromatic heterocycles. The summed E-state index contributed by atoms with van der Waals surface area (Å²) in [7, 11) is 0. The molecule has 1 aromatic carbocycles. The molecule has 0 saturated carbocycles. The van der Waals surface area contributed by atoms with Gasteiger partial charge in [0.05, 0.1) is 0 Å². The number of rotatable bonds is 7. The van der Waals surface area contributed by atoms with E-state index in [1.54, 1.807) is 44.2 Å². The number of carbonyl (C=O) groups is 3. The lowest BCUT2D eigenvalue weighted by Gasteiger charge is -2.23. The van der Waals surface area contributed by atoms with Crippen LogP contribution >= 0.6 is 0 Å². The molecule has 4 N–H and O–H groups in total. The molecule has 2 unspecified atom stereocenters. The van der Waals surface area contributed by atoms with Crippen molar-refractivity contribution in [2.24, 2.45) is 5.92 Å². The van der Waals surface area contributed by atoms with Crippen molar-refractivity contribution < 1.29 is 24.6 Å². The standard InChI is InChI=1S/C15H20N2O5/c1-9(2)12(15(21)22)17-14(20)13(16-11(19)8-18)10-6-4-3-5-7-10/h3-7,9,12-13,18H,8H2,1-2H3,(H,16,19)(H,17,20)(H,21,22). The van der Waals surface area contributed by atoms with Crippen LogP contribution in [0, 0.1) is 5.92 Å². The van der Waals surface area contributed by atoms with Crippen LogP contribution in [0.4, 0.5) is 0 Å². The summed E-state index contributed by atoms with van der Waals surface area (Å²) in [6, 6.07) is 6.27. The smallest absolute Gasteiger partial charge is 0.326 e. The highest BCUT2D eigenvalue weighted by Gasteiger charge is 2.29. The van der Waals surface area contributed by atoms with E-state index in [4.69, 9.17) is 10.2 Å². The number of hydrogen-bond donors (Lipinski definition) is 4. The third-order valence-electron chi connectivity index (χ3n) is 3.07. The molecule has 0 saturated heterocycles. The number of carbonyl (C=O) groups excluding carboxylic acids is 2. The average Bonchev–Trinajstić information content (AvgIpc) is 2.49. The Morgan fingerprint density at radius 2 is 1.68 bits per heavy atom. The molecular weight excluding hydrogens is 288 g/mol. The van der Waals surface area contributed by atoms with Crippen molar-refractivity contribution in [2.45, 2.75) is 25.9 Å². The fraction of sp³-hybridized carbons (Fsp3) is 0.400. The lowest BCUT2D eigenvalue weighted by Crippen LogP contribution is -2.49. The predicted molar refractivity (Wildman–Crippen MR) is 78.8 cm³/mol. The monoisotopic (exact) mass is 308 g/mol. The molecule has 0 radical (unpaired) electrons. The lowest BCUT2D eigenvalue weighted by atomic mass is 10.0. The van der Waals surface area contributed by atoms with Gasteiger partial charge in [-0.1, -0.05) is 44.2 Å². The van der Waals surface area contributed by atoms with Crippen molar-refractivity contribution in [2.75, 3.05) is 6.61 Å². The molecule has 0 fully saturated rings. The Labute approximate surface area is 128 Å². The van der Waals surface area contributed by atoms with Gasteiger partial charge in [0.1, 0.15) is 18.7 Å². The highest BCUT2D eigenvalue weighted by molar-refractivity contribution is 5.91. The second-order valence-corrected chi connectivity index (χ2v) is 5.14. The van der Waals surface area contributed by atoms with Gasteiger partial charge in [-0.3, -0.25) is 9.59 Å². The van der Waals surface area contributed by atoms with Crippen molar-refractivity contribution in [1.82, 2.24) is 10.6 Å². The van der Waals surface area contributed by atoms with Gasteiger partial charge in [-0.05, 0) is 11.5 Å². The fourth-order valence-electron chi connectivity index (χ4n) is 1.90. The quantitative estimate of drug-likeness (QED) is 0.568. The number of carboxylic acids is 1. The number of amides is 2. The zero-order valence-electron chi connectivity index (χ0n) is 12.4. The second-order valence-electron chi connectivity index (χ2n) is 5.14. The van der Waals surface area contributed by atoms with Crippen molar-refractivity contribution in [3.8, 4) is 0 Å². The van der Waals surface area contributed by atoms with E-state index < -0.39 is 36.5 Å². The van der Waals surface area contributed by atoms with E-state index in [0.29, 0.717) is 5.56 Å². The maximum absolute atomic E-state index is 12.3. The van der Waals surface area contributed by atoms with E-state index in [0.717, 1.165) is 0 Å². The van der Waals surface area contributed by atoms with Gasteiger partial charge in [0.25, 0.3) is 0 Å². The summed E-state index contributed by atoms with van der Waals surface area (Å²) in [5.74, 6) is -2.83. The number of benzene rings is 1. The Kier molecular flexibility index (Phi) is 6.52. The lowest BCUT2D eigenvalue weighted by molar-refractivity contribution is -0.143. The van der Waals surface area contributed by atoms with Gasteiger partial charge in [-0.25, -0.2) is 4.79 Å². The summed E-state index contributed by atoms with van der Waals surface area (Å²) in [5, 5.41) is 22.7. The van der Waals surface area contributed by atoms with Crippen LogP contribution in [0.15, 0.2) is 30.3 Å². The molecular formula is C15H20N2O5. The Bertz CT molecular complexity index is 530. The van der Waals surface area contributed by atoms with Gasteiger partial charge in [0.15, 0.2) is 0 Å². The Hall–Kier alpha value is -2.41.